The molecular weight excluding hydrogens is 200 g/mol. The Morgan fingerprint density at radius 2 is 2.50 bits per heavy atom. The van der Waals surface area contributed by atoms with Crippen LogP contribution in [0.25, 0.3) is 0 Å². The molecule has 1 N–H and O–H groups in total. The molecule has 3 nitrogen and oxygen atoms in total. The lowest BCUT2D eigenvalue weighted by Crippen LogP contribution is -2.18. The minimum absolute atomic E-state index is 0.329. The van der Waals surface area contributed by atoms with Crippen LogP contribution in [0.3, 0.4) is 0 Å². The number of nitrogens with one attached hydrogen (secondary N) is 1. The summed E-state index contributed by atoms with van der Waals surface area (Å²) >= 11 is 5.76. The van der Waals surface area contributed by atoms with E-state index in [2.05, 4.69) is 10.3 Å². The number of anilines is 1. The molecule has 1 fully saturated rings. The Morgan fingerprint density at radius 3 is 3.21 bits per heavy atom. The van der Waals surface area contributed by atoms with Gasteiger partial charge >= 0.3 is 0 Å². The second kappa shape index (κ2) is 4.62. The van der Waals surface area contributed by atoms with Crippen LogP contribution in [0.1, 0.15) is 12.8 Å². The van der Waals surface area contributed by atoms with Crippen LogP contribution < -0.4 is 5.32 Å². The quantitative estimate of drug-likeness (QED) is 0.781. The summed E-state index contributed by atoms with van der Waals surface area (Å²) in [6.45, 7) is 1.70. The summed E-state index contributed by atoms with van der Waals surface area (Å²) in [7, 11) is 0. The molecule has 1 unspecified atom stereocenters. The smallest absolute Gasteiger partial charge is 0.131 e. The summed E-state index contributed by atoms with van der Waals surface area (Å²) in [4.78, 5) is 4.13. The van der Waals surface area contributed by atoms with E-state index in [1.807, 2.05) is 12.1 Å². The molecule has 0 radical (unpaired) electrons. The molecule has 4 heteroatoms. The molecule has 2 rings (SSSR count). The Morgan fingerprint density at radius 1 is 1.57 bits per heavy atom. The molecule has 1 aromatic heterocycles. The first kappa shape index (κ1) is 9.74. The van der Waals surface area contributed by atoms with Crippen molar-refractivity contribution in [3.63, 3.8) is 0 Å². The third-order valence-electron chi connectivity index (χ3n) is 2.25. The Kier molecular flexibility index (Phi) is 3.22. The number of rotatable bonds is 3. The standard InChI is InChI=1S/C10H13ClN2O/c11-9-4-1-5-10(13-9)12-7-8-3-2-6-14-8/h1,4-5,8H,2-3,6-7H2,(H,12,13). The van der Waals surface area contributed by atoms with E-state index in [0.717, 1.165) is 31.8 Å². The van der Waals surface area contributed by atoms with Crippen molar-refractivity contribution in [1.29, 1.82) is 0 Å². The lowest BCUT2D eigenvalue weighted by atomic mass is 10.2. The first-order valence-electron chi connectivity index (χ1n) is 4.82. The number of hydrogen-bond donors (Lipinski definition) is 1. The predicted octanol–water partition coefficient (Wildman–Crippen LogP) is 2.33. The number of halogens is 1. The highest BCUT2D eigenvalue weighted by molar-refractivity contribution is 6.29. The zero-order chi connectivity index (χ0) is 9.80. The van der Waals surface area contributed by atoms with Gasteiger partial charge in [0.2, 0.25) is 0 Å². The van der Waals surface area contributed by atoms with Gasteiger partial charge in [-0.15, -0.1) is 0 Å². The van der Waals surface area contributed by atoms with Crippen LogP contribution in [0.15, 0.2) is 18.2 Å². The molecule has 0 bridgehead atoms. The van der Waals surface area contributed by atoms with Crippen molar-refractivity contribution in [3.05, 3.63) is 23.4 Å². The maximum atomic E-state index is 5.76. The molecule has 0 saturated carbocycles. The zero-order valence-corrected chi connectivity index (χ0v) is 8.63. The molecule has 1 aromatic rings. The largest absolute Gasteiger partial charge is 0.376 e. The van der Waals surface area contributed by atoms with Crippen LogP contribution in [0.5, 0.6) is 0 Å². The number of nitrogens with zero attached hydrogens (tertiary/aromatic N) is 1. The number of hydrogen-bond acceptors (Lipinski definition) is 3. The van der Waals surface area contributed by atoms with E-state index >= 15 is 0 Å². The van der Waals surface area contributed by atoms with Gasteiger partial charge in [-0.25, -0.2) is 4.98 Å². The fourth-order valence-electron chi connectivity index (χ4n) is 1.53. The van der Waals surface area contributed by atoms with Crippen LogP contribution >= 0.6 is 11.6 Å². The lowest BCUT2D eigenvalue weighted by Gasteiger charge is -2.10. The van der Waals surface area contributed by atoms with Crippen molar-refractivity contribution in [2.45, 2.75) is 18.9 Å². The Balaban J connectivity index is 1.85. The Bertz CT molecular complexity index is 300. The summed E-state index contributed by atoms with van der Waals surface area (Å²) in [5.41, 5.74) is 0. The van der Waals surface area contributed by atoms with Crippen molar-refractivity contribution in [2.24, 2.45) is 0 Å². The first-order valence-corrected chi connectivity index (χ1v) is 5.20. The summed E-state index contributed by atoms with van der Waals surface area (Å²) in [6, 6.07) is 5.55. The van der Waals surface area contributed by atoms with Gasteiger partial charge in [-0.1, -0.05) is 17.7 Å². The number of ether oxygens (including phenoxy) is 1. The third-order valence-corrected chi connectivity index (χ3v) is 2.46. The normalized spacial score (nSPS) is 21.1. The SMILES string of the molecule is Clc1cccc(NCC2CCCO2)n1. The maximum absolute atomic E-state index is 5.76. The fraction of sp³-hybridized carbons (Fsp3) is 0.500. The van der Waals surface area contributed by atoms with E-state index in [-0.39, 0.29) is 0 Å². The van der Waals surface area contributed by atoms with Crippen LogP contribution in [0, 0.1) is 0 Å². The van der Waals surface area contributed by atoms with E-state index in [0.29, 0.717) is 11.3 Å². The summed E-state index contributed by atoms with van der Waals surface area (Å²) in [6.07, 6.45) is 2.62. The van der Waals surface area contributed by atoms with Gasteiger partial charge < -0.3 is 10.1 Å². The van der Waals surface area contributed by atoms with E-state index in [9.17, 15) is 0 Å². The monoisotopic (exact) mass is 212 g/mol. The molecule has 0 amide bonds. The van der Waals surface area contributed by atoms with Gasteiger partial charge in [0, 0.05) is 13.2 Å². The van der Waals surface area contributed by atoms with Crippen molar-refractivity contribution in [3.8, 4) is 0 Å². The molecule has 1 aliphatic rings. The minimum Gasteiger partial charge on any atom is -0.376 e. The first-order chi connectivity index (χ1) is 6.84. The van der Waals surface area contributed by atoms with Gasteiger partial charge in [-0.05, 0) is 25.0 Å². The Hall–Kier alpha value is -0.800. The molecule has 1 saturated heterocycles. The average Bonchev–Trinajstić information content (AvgIpc) is 2.67. The van der Waals surface area contributed by atoms with E-state index < -0.39 is 0 Å². The van der Waals surface area contributed by atoms with E-state index in [1.54, 1.807) is 6.07 Å². The van der Waals surface area contributed by atoms with Gasteiger partial charge in [-0.3, -0.25) is 0 Å². The molecule has 0 aromatic carbocycles. The van der Waals surface area contributed by atoms with Crippen LogP contribution in [0.2, 0.25) is 5.15 Å². The lowest BCUT2D eigenvalue weighted by molar-refractivity contribution is 0.120. The minimum atomic E-state index is 0.329. The predicted molar refractivity (Wildman–Crippen MR) is 56.7 cm³/mol. The number of aromatic nitrogens is 1. The topological polar surface area (TPSA) is 34.1 Å². The van der Waals surface area contributed by atoms with Crippen molar-refractivity contribution in [1.82, 2.24) is 4.98 Å². The highest BCUT2D eigenvalue weighted by Crippen LogP contribution is 2.14. The van der Waals surface area contributed by atoms with Crippen molar-refractivity contribution in [2.75, 3.05) is 18.5 Å². The molecule has 0 aliphatic carbocycles. The average molecular weight is 213 g/mol. The molecule has 76 valence electrons. The molecule has 2 heterocycles. The van der Waals surface area contributed by atoms with Gasteiger partial charge in [0.05, 0.1) is 6.10 Å². The Labute approximate surface area is 88.4 Å². The highest BCUT2D eigenvalue weighted by Gasteiger charge is 2.14. The summed E-state index contributed by atoms with van der Waals surface area (Å²) in [5.74, 6) is 0.813. The van der Waals surface area contributed by atoms with Gasteiger partial charge in [0.25, 0.3) is 0 Å². The number of pyridine rings is 1. The van der Waals surface area contributed by atoms with Gasteiger partial charge in [0.1, 0.15) is 11.0 Å². The molecule has 1 atom stereocenters. The van der Waals surface area contributed by atoms with E-state index in [4.69, 9.17) is 16.3 Å². The van der Waals surface area contributed by atoms with E-state index in [1.165, 1.54) is 0 Å². The van der Waals surface area contributed by atoms with Gasteiger partial charge in [-0.2, -0.15) is 0 Å². The van der Waals surface area contributed by atoms with Gasteiger partial charge in [0.15, 0.2) is 0 Å². The summed E-state index contributed by atoms with van der Waals surface area (Å²) < 4.78 is 5.48. The maximum Gasteiger partial charge on any atom is 0.131 e. The van der Waals surface area contributed by atoms with Crippen molar-refractivity contribution >= 4 is 17.4 Å². The molecular formula is C10H13ClN2O. The second-order valence-electron chi connectivity index (χ2n) is 3.36. The van der Waals surface area contributed by atoms with Crippen LogP contribution in [-0.4, -0.2) is 24.2 Å². The molecule has 14 heavy (non-hydrogen) atoms. The van der Waals surface area contributed by atoms with Crippen LogP contribution in [-0.2, 0) is 4.74 Å². The molecule has 0 spiro atoms. The third kappa shape index (κ3) is 2.59. The summed E-state index contributed by atoms with van der Waals surface area (Å²) in [5, 5.41) is 3.72. The zero-order valence-electron chi connectivity index (χ0n) is 7.87. The highest BCUT2D eigenvalue weighted by atomic mass is 35.5. The second-order valence-corrected chi connectivity index (χ2v) is 3.75. The fourth-order valence-corrected chi connectivity index (χ4v) is 1.69. The van der Waals surface area contributed by atoms with Crippen LogP contribution in [0.4, 0.5) is 5.82 Å². The molecule has 1 aliphatic heterocycles. The van der Waals surface area contributed by atoms with Crippen molar-refractivity contribution < 1.29 is 4.74 Å².